The van der Waals surface area contributed by atoms with Gasteiger partial charge in [0, 0.05) is 11.8 Å². The highest BCUT2D eigenvalue weighted by Crippen LogP contribution is 2.34. The Kier molecular flexibility index (Phi) is 4.12. The largest absolute Gasteiger partial charge is 0.507 e. The molecule has 1 N–H and O–H groups in total. The van der Waals surface area contributed by atoms with E-state index in [9.17, 15) is 5.11 Å². The minimum absolute atomic E-state index is 0.150. The summed E-state index contributed by atoms with van der Waals surface area (Å²) in [6, 6.07) is 9.96. The van der Waals surface area contributed by atoms with Gasteiger partial charge in [0.25, 0.3) is 0 Å². The highest BCUT2D eigenvalue weighted by Gasteiger charge is 2.04. The number of halogens is 3. The number of hydrogen-bond acceptors (Lipinski definition) is 2. The predicted octanol–water partition coefficient (Wildman–Crippen LogP) is 5.10. The molecule has 0 amide bonds. The van der Waals surface area contributed by atoms with Gasteiger partial charge in [0.15, 0.2) is 0 Å². The Morgan fingerprint density at radius 2 is 1.61 bits per heavy atom. The summed E-state index contributed by atoms with van der Waals surface area (Å²) in [6.45, 7) is 0. The van der Waals surface area contributed by atoms with E-state index in [1.807, 2.05) is 0 Å². The first-order valence-electron chi connectivity index (χ1n) is 5.04. The lowest BCUT2D eigenvalue weighted by Gasteiger charge is -2.02. The third-order valence-corrected chi connectivity index (χ3v) is 3.29. The van der Waals surface area contributed by atoms with E-state index >= 15 is 0 Å². The van der Waals surface area contributed by atoms with Gasteiger partial charge in [-0.1, -0.05) is 46.9 Å². The molecule has 2 nitrogen and oxygen atoms in total. The Morgan fingerprint density at radius 3 is 2.33 bits per heavy atom. The molecule has 0 fully saturated rings. The average molecular weight is 301 g/mol. The van der Waals surface area contributed by atoms with E-state index in [-0.39, 0.29) is 5.75 Å². The number of aromatic hydroxyl groups is 1. The van der Waals surface area contributed by atoms with Crippen LogP contribution in [-0.2, 0) is 0 Å². The molecule has 0 heterocycles. The highest BCUT2D eigenvalue weighted by atomic mass is 35.5. The van der Waals surface area contributed by atoms with Crippen LogP contribution in [0, 0.1) is 0 Å². The van der Waals surface area contributed by atoms with Crippen molar-refractivity contribution in [3.05, 3.63) is 57.0 Å². The SMILES string of the molecule is Oc1ccccc1C=Nc1cc(Cl)c(Cl)cc1Cl. The molecule has 0 radical (unpaired) electrons. The van der Waals surface area contributed by atoms with Gasteiger partial charge in [-0.25, -0.2) is 0 Å². The molecular formula is C13H8Cl3NO. The summed E-state index contributed by atoms with van der Waals surface area (Å²) >= 11 is 17.7. The maximum atomic E-state index is 9.59. The van der Waals surface area contributed by atoms with Crippen LogP contribution in [0.3, 0.4) is 0 Å². The second kappa shape index (κ2) is 5.61. The van der Waals surface area contributed by atoms with Crippen molar-refractivity contribution < 1.29 is 5.11 Å². The molecule has 0 unspecified atom stereocenters. The van der Waals surface area contributed by atoms with E-state index in [1.165, 1.54) is 12.3 Å². The molecule has 2 rings (SSSR count). The van der Waals surface area contributed by atoms with Gasteiger partial charge in [-0.2, -0.15) is 0 Å². The molecule has 0 aliphatic rings. The second-order valence-corrected chi connectivity index (χ2v) is 4.76. The second-order valence-electron chi connectivity index (χ2n) is 3.53. The molecule has 0 atom stereocenters. The van der Waals surface area contributed by atoms with Crippen LogP contribution < -0.4 is 0 Å². The fraction of sp³-hybridized carbons (Fsp3) is 0. The smallest absolute Gasteiger partial charge is 0.124 e. The van der Waals surface area contributed by atoms with Gasteiger partial charge < -0.3 is 5.11 Å². The minimum atomic E-state index is 0.150. The van der Waals surface area contributed by atoms with Crippen molar-refractivity contribution >= 4 is 46.7 Å². The van der Waals surface area contributed by atoms with Gasteiger partial charge in [-0.15, -0.1) is 0 Å². The van der Waals surface area contributed by atoms with Crippen LogP contribution in [0.4, 0.5) is 5.69 Å². The number of nitrogens with zero attached hydrogens (tertiary/aromatic N) is 1. The topological polar surface area (TPSA) is 32.6 Å². The summed E-state index contributed by atoms with van der Waals surface area (Å²) in [7, 11) is 0. The number of para-hydroxylation sites is 1. The Bertz CT molecular complexity index is 611. The summed E-state index contributed by atoms with van der Waals surface area (Å²) in [5, 5.41) is 10.7. The number of hydrogen-bond donors (Lipinski definition) is 1. The molecule has 0 aliphatic carbocycles. The molecule has 0 spiro atoms. The van der Waals surface area contributed by atoms with E-state index < -0.39 is 0 Å². The molecule has 0 aromatic heterocycles. The summed E-state index contributed by atoms with van der Waals surface area (Å²) in [4.78, 5) is 4.18. The van der Waals surface area contributed by atoms with Crippen LogP contribution >= 0.6 is 34.8 Å². The van der Waals surface area contributed by atoms with Crippen molar-refractivity contribution in [1.82, 2.24) is 0 Å². The summed E-state index contributed by atoms with van der Waals surface area (Å²) in [5.74, 6) is 0.150. The van der Waals surface area contributed by atoms with Crippen LogP contribution in [0.1, 0.15) is 5.56 Å². The molecule has 0 bridgehead atoms. The third kappa shape index (κ3) is 2.96. The molecule has 0 aliphatic heterocycles. The molecule has 92 valence electrons. The Hall–Kier alpha value is -1.22. The van der Waals surface area contributed by atoms with Crippen LogP contribution in [0.5, 0.6) is 5.75 Å². The molecule has 2 aromatic rings. The fourth-order valence-electron chi connectivity index (χ4n) is 1.35. The minimum Gasteiger partial charge on any atom is -0.507 e. The first-order chi connectivity index (χ1) is 8.58. The van der Waals surface area contributed by atoms with Crippen molar-refractivity contribution in [1.29, 1.82) is 0 Å². The highest BCUT2D eigenvalue weighted by molar-refractivity contribution is 6.43. The van der Waals surface area contributed by atoms with E-state index in [4.69, 9.17) is 34.8 Å². The van der Waals surface area contributed by atoms with Crippen molar-refractivity contribution in [2.45, 2.75) is 0 Å². The average Bonchev–Trinajstić information content (AvgIpc) is 2.34. The van der Waals surface area contributed by atoms with Crippen LogP contribution in [-0.4, -0.2) is 11.3 Å². The Morgan fingerprint density at radius 1 is 0.944 bits per heavy atom. The zero-order chi connectivity index (χ0) is 13.1. The van der Waals surface area contributed by atoms with Gasteiger partial charge >= 0.3 is 0 Å². The number of aliphatic imine (C=N–C) groups is 1. The van der Waals surface area contributed by atoms with E-state index in [1.54, 1.807) is 30.3 Å². The van der Waals surface area contributed by atoms with Gasteiger partial charge in [0.05, 0.1) is 20.8 Å². The number of phenolic OH excluding ortho intramolecular Hbond substituents is 1. The zero-order valence-electron chi connectivity index (χ0n) is 9.07. The maximum Gasteiger partial charge on any atom is 0.124 e. The molecule has 18 heavy (non-hydrogen) atoms. The van der Waals surface area contributed by atoms with Gasteiger partial charge in [-0.3, -0.25) is 4.99 Å². The molecule has 5 heteroatoms. The summed E-state index contributed by atoms with van der Waals surface area (Å²) in [5.41, 5.74) is 1.09. The van der Waals surface area contributed by atoms with Crippen LogP contribution in [0.15, 0.2) is 41.4 Å². The maximum absolute atomic E-state index is 9.59. The first kappa shape index (κ1) is 13.2. The van der Waals surface area contributed by atoms with E-state index in [0.717, 1.165) is 0 Å². The predicted molar refractivity (Wildman–Crippen MR) is 76.8 cm³/mol. The standard InChI is InChI=1S/C13H8Cl3NO/c14-9-5-11(16)12(6-10(9)15)17-7-8-3-1-2-4-13(8)18/h1-7,18H. The van der Waals surface area contributed by atoms with Crippen molar-refractivity contribution in [2.75, 3.05) is 0 Å². The zero-order valence-corrected chi connectivity index (χ0v) is 11.3. The molecular weight excluding hydrogens is 293 g/mol. The van der Waals surface area contributed by atoms with Crippen LogP contribution in [0.2, 0.25) is 15.1 Å². The van der Waals surface area contributed by atoms with Gasteiger partial charge in [0.2, 0.25) is 0 Å². The summed E-state index contributed by atoms with van der Waals surface area (Å²) in [6.07, 6.45) is 1.51. The van der Waals surface area contributed by atoms with Crippen molar-refractivity contribution in [3.63, 3.8) is 0 Å². The molecule has 0 saturated carbocycles. The lowest BCUT2D eigenvalue weighted by Crippen LogP contribution is -1.81. The van der Waals surface area contributed by atoms with Crippen molar-refractivity contribution in [2.24, 2.45) is 4.99 Å². The quantitative estimate of drug-likeness (QED) is 0.607. The normalized spacial score (nSPS) is 11.1. The lowest BCUT2D eigenvalue weighted by molar-refractivity contribution is 0.474. The van der Waals surface area contributed by atoms with Gasteiger partial charge in [0.1, 0.15) is 5.75 Å². The number of phenols is 1. The summed E-state index contributed by atoms with van der Waals surface area (Å²) < 4.78 is 0. The van der Waals surface area contributed by atoms with Crippen molar-refractivity contribution in [3.8, 4) is 5.75 Å². The lowest BCUT2D eigenvalue weighted by atomic mass is 10.2. The van der Waals surface area contributed by atoms with Gasteiger partial charge in [-0.05, 0) is 24.3 Å². The molecule has 2 aromatic carbocycles. The fourth-order valence-corrected chi connectivity index (χ4v) is 1.94. The first-order valence-corrected chi connectivity index (χ1v) is 6.18. The third-order valence-electron chi connectivity index (χ3n) is 2.27. The Balaban J connectivity index is 2.35. The van der Waals surface area contributed by atoms with E-state index in [2.05, 4.69) is 4.99 Å². The number of rotatable bonds is 2. The molecule has 0 saturated heterocycles. The Labute approximate surface area is 119 Å². The monoisotopic (exact) mass is 299 g/mol. The van der Waals surface area contributed by atoms with E-state index in [0.29, 0.717) is 26.3 Å². The van der Waals surface area contributed by atoms with Crippen LogP contribution in [0.25, 0.3) is 0 Å². The number of benzene rings is 2.